The molecule has 2 unspecified atom stereocenters. The summed E-state index contributed by atoms with van der Waals surface area (Å²) >= 11 is 0. The predicted octanol–water partition coefficient (Wildman–Crippen LogP) is 1.79. The second-order valence-corrected chi connectivity index (χ2v) is 9.35. The van der Waals surface area contributed by atoms with Crippen LogP contribution in [0.25, 0.3) is 0 Å². The van der Waals surface area contributed by atoms with Crippen LogP contribution in [0.3, 0.4) is 0 Å². The van der Waals surface area contributed by atoms with E-state index in [0.29, 0.717) is 57.6 Å². The number of amides is 2. The standard InChI is InChI=1S/C22H37N5O4/c1-17(2)26-9-8-22(15-23,16-26)25-20(28)19(14-18-6-4-3-5-7-18)24-21(29)31-27-10-12-30-13-11-27/h17-19H,3-14,16H2,1-2H3,(H,24,29)(H,25,28). The van der Waals surface area contributed by atoms with Gasteiger partial charge < -0.3 is 20.2 Å². The lowest BCUT2D eigenvalue weighted by Gasteiger charge is -2.31. The summed E-state index contributed by atoms with van der Waals surface area (Å²) in [5, 5.41) is 17.2. The first-order valence-corrected chi connectivity index (χ1v) is 11.7. The van der Waals surface area contributed by atoms with Gasteiger partial charge in [-0.15, -0.1) is 5.06 Å². The fourth-order valence-electron chi connectivity index (χ4n) is 4.74. The number of likely N-dealkylation sites (tertiary alicyclic amines) is 1. The third-order valence-corrected chi connectivity index (χ3v) is 6.69. The van der Waals surface area contributed by atoms with E-state index < -0.39 is 17.7 Å². The number of hydrogen-bond acceptors (Lipinski definition) is 7. The van der Waals surface area contributed by atoms with Gasteiger partial charge in [-0.2, -0.15) is 5.26 Å². The van der Waals surface area contributed by atoms with Crippen molar-refractivity contribution in [1.82, 2.24) is 20.6 Å². The highest BCUT2D eigenvalue weighted by Gasteiger charge is 2.42. The van der Waals surface area contributed by atoms with Crippen molar-refractivity contribution in [3.63, 3.8) is 0 Å². The van der Waals surface area contributed by atoms with Crippen LogP contribution in [0, 0.1) is 17.2 Å². The van der Waals surface area contributed by atoms with Crippen molar-refractivity contribution in [2.75, 3.05) is 39.4 Å². The monoisotopic (exact) mass is 435 g/mol. The first kappa shape index (κ1) is 23.8. The van der Waals surface area contributed by atoms with E-state index in [1.165, 1.54) is 6.42 Å². The molecule has 0 radical (unpaired) electrons. The SMILES string of the molecule is CC(C)N1CCC(C#N)(NC(=O)C(CC2CCCCC2)NC(=O)ON2CCOCC2)C1. The zero-order valence-electron chi connectivity index (χ0n) is 18.9. The number of nitrogens with zero attached hydrogens (tertiary/aromatic N) is 3. The van der Waals surface area contributed by atoms with Crippen molar-refractivity contribution >= 4 is 12.0 Å². The minimum Gasteiger partial charge on any atom is -0.379 e. The van der Waals surface area contributed by atoms with E-state index in [1.807, 2.05) is 0 Å². The molecule has 0 bridgehead atoms. The van der Waals surface area contributed by atoms with Gasteiger partial charge in [0.2, 0.25) is 5.91 Å². The van der Waals surface area contributed by atoms with E-state index in [1.54, 1.807) is 5.06 Å². The Bertz CT molecular complexity index is 655. The zero-order chi connectivity index (χ0) is 22.3. The maximum absolute atomic E-state index is 13.3. The maximum Gasteiger partial charge on any atom is 0.426 e. The molecule has 2 atom stereocenters. The molecule has 174 valence electrons. The smallest absolute Gasteiger partial charge is 0.379 e. The predicted molar refractivity (Wildman–Crippen MR) is 115 cm³/mol. The van der Waals surface area contributed by atoms with Crippen LogP contribution in [0.5, 0.6) is 0 Å². The summed E-state index contributed by atoms with van der Waals surface area (Å²) in [6, 6.07) is 1.93. The van der Waals surface area contributed by atoms with Gasteiger partial charge in [-0.1, -0.05) is 32.1 Å². The summed E-state index contributed by atoms with van der Waals surface area (Å²) in [6.07, 6.45) is 6.19. The minimum absolute atomic E-state index is 0.295. The first-order chi connectivity index (χ1) is 14.9. The van der Waals surface area contributed by atoms with Gasteiger partial charge >= 0.3 is 6.09 Å². The molecule has 3 aliphatic rings. The third kappa shape index (κ3) is 6.79. The van der Waals surface area contributed by atoms with Crippen molar-refractivity contribution in [1.29, 1.82) is 5.26 Å². The molecule has 0 spiro atoms. The van der Waals surface area contributed by atoms with Crippen molar-refractivity contribution in [3.8, 4) is 6.07 Å². The number of hydroxylamine groups is 2. The maximum atomic E-state index is 13.3. The van der Waals surface area contributed by atoms with Crippen LogP contribution in [0.1, 0.15) is 58.8 Å². The summed E-state index contributed by atoms with van der Waals surface area (Å²) in [5.74, 6) is 0.0959. The highest BCUT2D eigenvalue weighted by atomic mass is 16.7. The molecule has 2 amide bonds. The van der Waals surface area contributed by atoms with Crippen LogP contribution in [0.4, 0.5) is 4.79 Å². The van der Waals surface area contributed by atoms with E-state index in [2.05, 4.69) is 35.5 Å². The number of ether oxygens (including phenoxy) is 1. The Morgan fingerprint density at radius 3 is 2.52 bits per heavy atom. The van der Waals surface area contributed by atoms with Gasteiger partial charge in [0.1, 0.15) is 11.6 Å². The molecular formula is C22H37N5O4. The molecule has 3 fully saturated rings. The normalized spacial score (nSPS) is 26.9. The summed E-state index contributed by atoms with van der Waals surface area (Å²) in [6.45, 7) is 7.49. The lowest BCUT2D eigenvalue weighted by atomic mass is 9.84. The van der Waals surface area contributed by atoms with E-state index in [4.69, 9.17) is 9.57 Å². The highest BCUT2D eigenvalue weighted by Crippen LogP contribution is 2.28. The molecular weight excluding hydrogens is 398 g/mol. The lowest BCUT2D eigenvalue weighted by molar-refractivity contribution is -0.147. The third-order valence-electron chi connectivity index (χ3n) is 6.69. The minimum atomic E-state index is -0.915. The van der Waals surface area contributed by atoms with Gasteiger partial charge in [-0.3, -0.25) is 9.69 Å². The molecule has 0 aromatic heterocycles. The number of nitrogens with one attached hydrogen (secondary N) is 2. The second-order valence-electron chi connectivity index (χ2n) is 9.35. The largest absolute Gasteiger partial charge is 0.426 e. The van der Waals surface area contributed by atoms with Gasteiger partial charge in [-0.25, -0.2) is 4.79 Å². The average molecular weight is 436 g/mol. The molecule has 1 saturated carbocycles. The molecule has 0 aromatic carbocycles. The summed E-state index contributed by atoms with van der Waals surface area (Å²) in [5.41, 5.74) is -0.915. The average Bonchev–Trinajstić information content (AvgIpc) is 3.19. The van der Waals surface area contributed by atoms with Crippen molar-refractivity contribution in [3.05, 3.63) is 0 Å². The van der Waals surface area contributed by atoms with Crippen LogP contribution < -0.4 is 10.6 Å². The highest BCUT2D eigenvalue weighted by molar-refractivity contribution is 5.86. The van der Waals surface area contributed by atoms with Crippen LogP contribution in [-0.2, 0) is 14.4 Å². The topological polar surface area (TPSA) is 107 Å². The summed E-state index contributed by atoms with van der Waals surface area (Å²) in [7, 11) is 0. The van der Waals surface area contributed by atoms with Crippen molar-refractivity contribution in [2.45, 2.75) is 76.4 Å². The second kappa shape index (κ2) is 11.1. The van der Waals surface area contributed by atoms with Crippen molar-refractivity contribution in [2.24, 2.45) is 5.92 Å². The fourth-order valence-corrected chi connectivity index (χ4v) is 4.74. The van der Waals surface area contributed by atoms with Gasteiger partial charge in [0.25, 0.3) is 0 Å². The Morgan fingerprint density at radius 1 is 1.19 bits per heavy atom. The Labute approximate surface area is 185 Å². The number of hydrogen-bond donors (Lipinski definition) is 2. The Morgan fingerprint density at radius 2 is 1.90 bits per heavy atom. The zero-order valence-corrected chi connectivity index (χ0v) is 18.9. The quantitative estimate of drug-likeness (QED) is 0.628. The molecule has 2 heterocycles. The molecule has 3 rings (SSSR count). The number of rotatable bonds is 7. The number of carbonyl (C=O) groups is 2. The van der Waals surface area contributed by atoms with Gasteiger partial charge in [-0.05, 0) is 32.6 Å². The molecule has 2 aliphatic heterocycles. The molecule has 2 N–H and O–H groups in total. The summed E-state index contributed by atoms with van der Waals surface area (Å²) < 4.78 is 5.27. The number of carbonyl (C=O) groups excluding carboxylic acids is 2. The van der Waals surface area contributed by atoms with Gasteiger partial charge in [0.15, 0.2) is 0 Å². The van der Waals surface area contributed by atoms with Gasteiger partial charge in [0.05, 0.1) is 32.4 Å². The van der Waals surface area contributed by atoms with Crippen LogP contribution in [-0.4, -0.2) is 79.0 Å². The molecule has 2 saturated heterocycles. The van der Waals surface area contributed by atoms with E-state index in [-0.39, 0.29) is 5.91 Å². The van der Waals surface area contributed by atoms with Crippen LogP contribution >= 0.6 is 0 Å². The lowest BCUT2D eigenvalue weighted by Crippen LogP contribution is -2.57. The number of morpholine rings is 1. The van der Waals surface area contributed by atoms with Crippen molar-refractivity contribution < 1.29 is 19.2 Å². The van der Waals surface area contributed by atoms with Crippen LogP contribution in [0.2, 0.25) is 0 Å². The Hall–Kier alpha value is -1.89. The van der Waals surface area contributed by atoms with Gasteiger partial charge in [0, 0.05) is 19.1 Å². The number of nitriles is 1. The molecule has 31 heavy (non-hydrogen) atoms. The van der Waals surface area contributed by atoms with E-state index in [0.717, 1.165) is 32.2 Å². The fraction of sp³-hybridized carbons (Fsp3) is 0.864. The first-order valence-electron chi connectivity index (χ1n) is 11.7. The summed E-state index contributed by atoms with van der Waals surface area (Å²) in [4.78, 5) is 33.4. The molecule has 1 aliphatic carbocycles. The van der Waals surface area contributed by atoms with Crippen LogP contribution in [0.15, 0.2) is 0 Å². The van der Waals surface area contributed by atoms with E-state index >= 15 is 0 Å². The Kier molecular flexibility index (Phi) is 8.52. The molecule has 0 aromatic rings. The van der Waals surface area contributed by atoms with E-state index in [9.17, 15) is 14.9 Å². The Balaban J connectivity index is 1.63. The molecule has 9 nitrogen and oxygen atoms in total. The molecule has 9 heteroatoms.